The van der Waals surface area contributed by atoms with Crippen LogP contribution >= 0.6 is 0 Å². The predicted molar refractivity (Wildman–Crippen MR) is 80.5 cm³/mol. The topological polar surface area (TPSA) is 84.2 Å². The molecule has 0 saturated carbocycles. The lowest BCUT2D eigenvalue weighted by molar-refractivity contribution is 0.420. The van der Waals surface area contributed by atoms with E-state index in [1.54, 1.807) is 12.1 Å². The minimum Gasteiger partial charge on any atom is -0.362 e. The lowest BCUT2D eigenvalue weighted by atomic mass is 10.1. The Morgan fingerprint density at radius 3 is 2.57 bits per heavy atom. The number of rotatable bonds is 7. The van der Waals surface area contributed by atoms with Crippen LogP contribution in [0.2, 0.25) is 0 Å². The summed E-state index contributed by atoms with van der Waals surface area (Å²) >= 11 is 0. The zero-order chi connectivity index (χ0) is 15.3. The lowest BCUT2D eigenvalue weighted by Crippen LogP contribution is -2.19. The molecule has 1 unspecified atom stereocenters. The summed E-state index contributed by atoms with van der Waals surface area (Å²) in [5.74, 6) is 0. The first-order valence-corrected chi connectivity index (χ1v) is 8.27. The molecule has 2 aromatic rings. The summed E-state index contributed by atoms with van der Waals surface area (Å²) < 4.78 is 31.3. The predicted octanol–water partition coefficient (Wildman–Crippen LogP) is 2.54. The van der Waals surface area contributed by atoms with Crippen molar-refractivity contribution in [2.24, 2.45) is 0 Å². The van der Waals surface area contributed by atoms with Crippen LogP contribution in [-0.2, 0) is 10.0 Å². The van der Waals surface area contributed by atoms with Gasteiger partial charge in [-0.15, -0.1) is 0 Å². The van der Waals surface area contributed by atoms with Crippen LogP contribution in [0.15, 0.2) is 46.1 Å². The minimum absolute atomic E-state index is 0.188. The maximum Gasteiger partial charge on any atom is 0.262 e. The molecule has 1 aromatic heterocycles. The van der Waals surface area contributed by atoms with Gasteiger partial charge in [0, 0.05) is 6.04 Å². The number of aromatic nitrogens is 1. The van der Waals surface area contributed by atoms with Crippen LogP contribution in [0.1, 0.15) is 31.9 Å². The van der Waals surface area contributed by atoms with Gasteiger partial charge < -0.3 is 9.84 Å². The summed E-state index contributed by atoms with van der Waals surface area (Å²) in [6.45, 7) is 5.08. The number of hydrogen-bond acceptors (Lipinski definition) is 5. The summed E-state index contributed by atoms with van der Waals surface area (Å²) in [5, 5.41) is 6.81. The van der Waals surface area contributed by atoms with E-state index < -0.39 is 10.0 Å². The Labute approximate surface area is 124 Å². The third kappa shape index (κ3) is 4.05. The van der Waals surface area contributed by atoms with E-state index in [-0.39, 0.29) is 10.9 Å². The second kappa shape index (κ2) is 6.73. The van der Waals surface area contributed by atoms with Gasteiger partial charge in [-0.1, -0.05) is 24.2 Å². The average Bonchev–Trinajstić information content (AvgIpc) is 2.97. The van der Waals surface area contributed by atoms with Gasteiger partial charge in [0.25, 0.3) is 10.0 Å². The van der Waals surface area contributed by atoms with Gasteiger partial charge in [-0.2, -0.15) is 0 Å². The van der Waals surface area contributed by atoms with Crippen molar-refractivity contribution < 1.29 is 12.9 Å². The first-order valence-electron chi connectivity index (χ1n) is 6.78. The number of hydrogen-bond donors (Lipinski definition) is 2. The van der Waals surface area contributed by atoms with Crippen molar-refractivity contribution >= 4 is 15.7 Å². The van der Waals surface area contributed by atoms with Gasteiger partial charge >= 0.3 is 0 Å². The smallest absolute Gasteiger partial charge is 0.262 e. The monoisotopic (exact) mass is 309 g/mol. The second-order valence-corrected chi connectivity index (χ2v) is 6.45. The fourth-order valence-corrected chi connectivity index (χ4v) is 2.91. The van der Waals surface area contributed by atoms with Gasteiger partial charge in [0.2, 0.25) is 0 Å². The molecule has 0 amide bonds. The molecule has 0 spiro atoms. The standard InChI is InChI=1S/C14H19N3O3S/c1-3-8-15-11(2)12-4-6-14(7-5-12)21(18,19)17-13-9-16-20-10-13/h4-7,9-11,15,17H,3,8H2,1-2H3. The van der Waals surface area contributed by atoms with Crippen LogP contribution in [0.5, 0.6) is 0 Å². The fraction of sp³-hybridized carbons (Fsp3) is 0.357. The number of anilines is 1. The van der Waals surface area contributed by atoms with E-state index in [1.165, 1.54) is 12.5 Å². The number of nitrogens with one attached hydrogen (secondary N) is 2. The maximum atomic E-state index is 12.2. The molecular weight excluding hydrogens is 290 g/mol. The van der Waals surface area contributed by atoms with E-state index in [4.69, 9.17) is 0 Å². The van der Waals surface area contributed by atoms with E-state index in [0.717, 1.165) is 18.5 Å². The molecule has 6 nitrogen and oxygen atoms in total. The summed E-state index contributed by atoms with van der Waals surface area (Å²) in [6.07, 6.45) is 3.60. The van der Waals surface area contributed by atoms with Crippen LogP contribution in [0.4, 0.5) is 5.69 Å². The highest BCUT2D eigenvalue weighted by atomic mass is 32.2. The van der Waals surface area contributed by atoms with Gasteiger partial charge in [-0.25, -0.2) is 8.42 Å². The van der Waals surface area contributed by atoms with Gasteiger partial charge in [0.1, 0.15) is 12.0 Å². The summed E-state index contributed by atoms with van der Waals surface area (Å²) in [7, 11) is -3.61. The van der Waals surface area contributed by atoms with E-state index in [2.05, 4.69) is 33.6 Å². The van der Waals surface area contributed by atoms with Crippen LogP contribution in [0, 0.1) is 0 Å². The third-order valence-electron chi connectivity index (χ3n) is 3.08. The quantitative estimate of drug-likeness (QED) is 0.821. The molecule has 1 aromatic carbocycles. The molecule has 0 aliphatic rings. The zero-order valence-electron chi connectivity index (χ0n) is 12.0. The van der Waals surface area contributed by atoms with Gasteiger partial charge in [-0.05, 0) is 37.6 Å². The molecule has 0 saturated heterocycles. The Hall–Kier alpha value is -1.86. The Morgan fingerprint density at radius 2 is 2.00 bits per heavy atom. The van der Waals surface area contributed by atoms with E-state index in [0.29, 0.717) is 5.69 Å². The summed E-state index contributed by atoms with van der Waals surface area (Å²) in [6, 6.07) is 7.00. The van der Waals surface area contributed by atoms with Crippen LogP contribution in [0.25, 0.3) is 0 Å². The van der Waals surface area contributed by atoms with Crippen molar-refractivity contribution in [1.29, 1.82) is 0 Å². The summed E-state index contributed by atoms with van der Waals surface area (Å²) in [4.78, 5) is 0.204. The van der Waals surface area contributed by atoms with E-state index >= 15 is 0 Å². The highest BCUT2D eigenvalue weighted by molar-refractivity contribution is 7.92. The largest absolute Gasteiger partial charge is 0.362 e. The molecule has 1 heterocycles. The fourth-order valence-electron chi connectivity index (χ4n) is 1.88. The number of benzene rings is 1. The molecule has 0 bridgehead atoms. The second-order valence-electron chi connectivity index (χ2n) is 4.76. The molecule has 0 aliphatic heterocycles. The van der Waals surface area contributed by atoms with Crippen molar-refractivity contribution in [1.82, 2.24) is 10.5 Å². The van der Waals surface area contributed by atoms with Gasteiger partial charge in [0.05, 0.1) is 11.1 Å². The van der Waals surface area contributed by atoms with Crippen molar-refractivity contribution in [2.75, 3.05) is 11.3 Å². The lowest BCUT2D eigenvalue weighted by Gasteiger charge is -2.14. The third-order valence-corrected chi connectivity index (χ3v) is 4.47. The van der Waals surface area contributed by atoms with Crippen molar-refractivity contribution in [3.63, 3.8) is 0 Å². The number of nitrogens with zero attached hydrogens (tertiary/aromatic N) is 1. The highest BCUT2D eigenvalue weighted by Crippen LogP contribution is 2.18. The molecule has 7 heteroatoms. The molecule has 114 valence electrons. The van der Waals surface area contributed by atoms with Crippen molar-refractivity contribution in [2.45, 2.75) is 31.2 Å². The Balaban J connectivity index is 2.11. The molecule has 21 heavy (non-hydrogen) atoms. The SMILES string of the molecule is CCCNC(C)c1ccc(S(=O)(=O)Nc2cnoc2)cc1. The first-order chi connectivity index (χ1) is 10.0. The maximum absolute atomic E-state index is 12.2. The molecule has 0 radical (unpaired) electrons. The molecule has 1 atom stereocenters. The van der Waals surface area contributed by atoms with Crippen molar-refractivity contribution in [3.8, 4) is 0 Å². The van der Waals surface area contributed by atoms with Crippen molar-refractivity contribution in [3.05, 3.63) is 42.3 Å². The Kier molecular flexibility index (Phi) is 4.98. The van der Waals surface area contributed by atoms with E-state index in [9.17, 15) is 8.42 Å². The summed E-state index contributed by atoms with van der Waals surface area (Å²) in [5.41, 5.74) is 1.35. The molecule has 2 N–H and O–H groups in total. The Bertz CT molecular complexity index is 651. The minimum atomic E-state index is -3.61. The van der Waals surface area contributed by atoms with Crippen LogP contribution < -0.4 is 10.0 Å². The van der Waals surface area contributed by atoms with Gasteiger partial charge in [-0.3, -0.25) is 4.72 Å². The Morgan fingerprint density at radius 1 is 1.29 bits per heavy atom. The molecule has 0 fully saturated rings. The van der Waals surface area contributed by atoms with Crippen LogP contribution in [0.3, 0.4) is 0 Å². The highest BCUT2D eigenvalue weighted by Gasteiger charge is 2.15. The molecule has 2 rings (SSSR count). The first kappa shape index (κ1) is 15.5. The molecule has 0 aliphatic carbocycles. The van der Waals surface area contributed by atoms with Gasteiger partial charge in [0.15, 0.2) is 0 Å². The zero-order valence-corrected chi connectivity index (χ0v) is 12.9. The number of sulfonamides is 1. The van der Waals surface area contributed by atoms with Crippen LogP contribution in [-0.4, -0.2) is 20.1 Å². The van der Waals surface area contributed by atoms with E-state index in [1.807, 2.05) is 12.1 Å². The average molecular weight is 309 g/mol. The molecular formula is C14H19N3O3S. The normalized spacial score (nSPS) is 13.0.